The molecule has 25 heavy (non-hydrogen) atoms. The monoisotopic (exact) mass is 474 g/mol. The zero-order valence-corrected chi connectivity index (χ0v) is 18.4. The molecule has 138 valence electrons. The highest BCUT2D eigenvalue weighted by atomic mass is 127. The summed E-state index contributed by atoms with van der Waals surface area (Å²) in [5.41, 5.74) is 4.11. The molecule has 0 bridgehead atoms. The van der Waals surface area contributed by atoms with Gasteiger partial charge in [0.2, 0.25) is 0 Å². The van der Waals surface area contributed by atoms with Gasteiger partial charge in [-0.3, -0.25) is 0 Å². The number of halogens is 1. The molecule has 0 radical (unpaired) electrons. The van der Waals surface area contributed by atoms with Crippen LogP contribution in [0.5, 0.6) is 5.75 Å². The Hall–Kier alpha value is -1.35. The fraction of sp³-hybridized carbons (Fsp3) is 0.444. The van der Waals surface area contributed by atoms with Crippen molar-refractivity contribution in [1.29, 1.82) is 0 Å². The van der Waals surface area contributed by atoms with E-state index in [2.05, 4.69) is 40.5 Å². The van der Waals surface area contributed by atoms with Crippen LogP contribution in [-0.2, 0) is 6.54 Å². The predicted molar refractivity (Wildman–Crippen MR) is 116 cm³/mol. The summed E-state index contributed by atoms with van der Waals surface area (Å²) in [7, 11) is 0. The van der Waals surface area contributed by atoms with Crippen LogP contribution in [0.3, 0.4) is 0 Å². The van der Waals surface area contributed by atoms with Crippen LogP contribution in [0.2, 0.25) is 0 Å². The van der Waals surface area contributed by atoms with Crippen LogP contribution < -0.4 is 15.4 Å². The van der Waals surface area contributed by atoms with Gasteiger partial charge in [0.05, 0.1) is 24.3 Å². The third-order valence-electron chi connectivity index (χ3n) is 3.45. The number of hydrogen-bond donors (Lipinski definition) is 2. The van der Waals surface area contributed by atoms with E-state index >= 15 is 0 Å². The number of ether oxygens (including phenoxy) is 1. The van der Waals surface area contributed by atoms with Gasteiger partial charge in [-0.2, -0.15) is 0 Å². The highest BCUT2D eigenvalue weighted by molar-refractivity contribution is 14.0. The van der Waals surface area contributed by atoms with Crippen LogP contribution in [0.25, 0.3) is 0 Å². The molecule has 7 heteroatoms. The molecule has 2 N–H and O–H groups in total. The van der Waals surface area contributed by atoms with E-state index in [0.29, 0.717) is 13.1 Å². The zero-order valence-electron chi connectivity index (χ0n) is 15.2. The first kappa shape index (κ1) is 21.7. The summed E-state index contributed by atoms with van der Waals surface area (Å²) in [6, 6.07) is 8.10. The van der Waals surface area contributed by atoms with E-state index in [1.54, 1.807) is 11.3 Å². The molecule has 0 spiro atoms. The maximum absolute atomic E-state index is 5.94. The second kappa shape index (κ2) is 11.3. The zero-order chi connectivity index (χ0) is 17.4. The third-order valence-corrected chi connectivity index (χ3v) is 4.37. The number of aliphatic imine (C=N–C) groups is 1. The molecule has 1 unspecified atom stereocenters. The molecular formula is C18H27IN4OS. The Balaban J connectivity index is 0.00000312. The van der Waals surface area contributed by atoms with E-state index in [1.165, 1.54) is 10.4 Å². The van der Waals surface area contributed by atoms with Crippen LogP contribution in [0.15, 0.2) is 34.8 Å². The Labute approximate surface area is 171 Å². The van der Waals surface area contributed by atoms with Gasteiger partial charge in [-0.15, -0.1) is 35.3 Å². The Morgan fingerprint density at radius 2 is 2.12 bits per heavy atom. The fourth-order valence-corrected chi connectivity index (χ4v) is 2.87. The molecule has 0 aliphatic rings. The number of nitrogens with one attached hydrogen (secondary N) is 2. The molecule has 1 aromatic heterocycles. The topological polar surface area (TPSA) is 58.5 Å². The third kappa shape index (κ3) is 7.60. The Morgan fingerprint density at radius 3 is 2.76 bits per heavy atom. The van der Waals surface area contributed by atoms with Crippen molar-refractivity contribution in [1.82, 2.24) is 15.6 Å². The van der Waals surface area contributed by atoms with E-state index in [-0.39, 0.29) is 30.1 Å². The van der Waals surface area contributed by atoms with E-state index in [9.17, 15) is 0 Å². The summed E-state index contributed by atoms with van der Waals surface area (Å²) in [4.78, 5) is 10.1. The average Bonchev–Trinajstić information content (AvgIpc) is 2.95. The minimum atomic E-state index is 0. The quantitative estimate of drug-likeness (QED) is 0.363. The highest BCUT2D eigenvalue weighted by Gasteiger charge is 2.07. The number of hydrogen-bond acceptors (Lipinski definition) is 4. The summed E-state index contributed by atoms with van der Waals surface area (Å²) < 4.78 is 5.94. The number of nitrogens with zero attached hydrogens (tertiary/aromatic N) is 2. The standard InChI is InChI=1S/C18H26N4OS.HI/c1-5-19-18(21-11-17-15(4)22-12-24-17)20-10-14(3)23-16-8-6-7-13(2)9-16;/h6-9,12,14H,5,10-11H2,1-4H3,(H2,19,20,21);1H. The van der Waals surface area contributed by atoms with Gasteiger partial charge in [-0.1, -0.05) is 12.1 Å². The van der Waals surface area contributed by atoms with Crippen molar-refractivity contribution < 1.29 is 4.74 Å². The molecule has 0 amide bonds. The van der Waals surface area contributed by atoms with Gasteiger partial charge in [-0.05, 0) is 45.4 Å². The summed E-state index contributed by atoms with van der Waals surface area (Å²) in [6.45, 7) is 10.3. The maximum Gasteiger partial charge on any atom is 0.191 e. The van der Waals surface area contributed by atoms with Gasteiger partial charge in [0.25, 0.3) is 0 Å². The van der Waals surface area contributed by atoms with Gasteiger partial charge in [0.15, 0.2) is 5.96 Å². The highest BCUT2D eigenvalue weighted by Crippen LogP contribution is 2.14. The van der Waals surface area contributed by atoms with E-state index in [0.717, 1.165) is 23.9 Å². The van der Waals surface area contributed by atoms with Crippen LogP contribution in [-0.4, -0.2) is 30.1 Å². The minimum absolute atomic E-state index is 0. The Kier molecular flexibility index (Phi) is 9.81. The second-order valence-corrected chi connectivity index (χ2v) is 6.62. The second-order valence-electron chi connectivity index (χ2n) is 5.68. The number of benzene rings is 1. The van der Waals surface area contributed by atoms with Gasteiger partial charge in [0, 0.05) is 11.4 Å². The number of aryl methyl sites for hydroxylation is 2. The molecule has 0 aliphatic carbocycles. The van der Waals surface area contributed by atoms with Crippen LogP contribution in [0.1, 0.15) is 30.0 Å². The van der Waals surface area contributed by atoms with Crippen LogP contribution in [0, 0.1) is 13.8 Å². The Morgan fingerprint density at radius 1 is 1.32 bits per heavy atom. The predicted octanol–water partition coefficient (Wildman–Crippen LogP) is 3.90. The average molecular weight is 474 g/mol. The maximum atomic E-state index is 5.94. The van der Waals surface area contributed by atoms with Gasteiger partial charge >= 0.3 is 0 Å². The summed E-state index contributed by atoms with van der Waals surface area (Å²) in [5.74, 6) is 1.69. The smallest absolute Gasteiger partial charge is 0.191 e. The molecule has 2 aromatic rings. The molecule has 1 atom stereocenters. The van der Waals surface area contributed by atoms with Gasteiger partial charge < -0.3 is 15.4 Å². The first-order chi connectivity index (χ1) is 11.6. The SMILES string of the molecule is CCNC(=NCc1scnc1C)NCC(C)Oc1cccc(C)c1.I. The number of thiazole rings is 1. The Bertz CT molecular complexity index is 675. The molecule has 1 heterocycles. The molecular weight excluding hydrogens is 447 g/mol. The largest absolute Gasteiger partial charge is 0.489 e. The number of rotatable bonds is 7. The lowest BCUT2D eigenvalue weighted by molar-refractivity contribution is 0.223. The van der Waals surface area contributed by atoms with Gasteiger partial charge in [0.1, 0.15) is 11.9 Å². The first-order valence-electron chi connectivity index (χ1n) is 8.23. The molecule has 0 saturated carbocycles. The lowest BCUT2D eigenvalue weighted by Crippen LogP contribution is -2.41. The van der Waals surface area contributed by atoms with E-state index in [1.807, 2.05) is 37.6 Å². The van der Waals surface area contributed by atoms with Crippen molar-refractivity contribution >= 4 is 41.3 Å². The van der Waals surface area contributed by atoms with Crippen molar-refractivity contribution in [2.75, 3.05) is 13.1 Å². The lowest BCUT2D eigenvalue weighted by atomic mass is 10.2. The molecule has 1 aromatic carbocycles. The van der Waals surface area contributed by atoms with Crippen molar-refractivity contribution in [3.05, 3.63) is 45.9 Å². The van der Waals surface area contributed by atoms with Crippen molar-refractivity contribution in [3.8, 4) is 5.75 Å². The lowest BCUT2D eigenvalue weighted by Gasteiger charge is -2.18. The number of aromatic nitrogens is 1. The summed E-state index contributed by atoms with van der Waals surface area (Å²) >= 11 is 1.64. The number of guanidine groups is 1. The minimum Gasteiger partial charge on any atom is -0.489 e. The molecule has 2 rings (SSSR count). The van der Waals surface area contributed by atoms with E-state index < -0.39 is 0 Å². The normalized spacial score (nSPS) is 12.2. The van der Waals surface area contributed by atoms with Crippen LogP contribution >= 0.6 is 35.3 Å². The summed E-state index contributed by atoms with van der Waals surface area (Å²) in [6.07, 6.45) is 0.0424. The van der Waals surface area contributed by atoms with Gasteiger partial charge in [-0.25, -0.2) is 9.98 Å². The summed E-state index contributed by atoms with van der Waals surface area (Å²) in [5, 5.41) is 6.60. The van der Waals surface area contributed by atoms with Crippen LogP contribution in [0.4, 0.5) is 0 Å². The molecule has 0 saturated heterocycles. The van der Waals surface area contributed by atoms with Crippen molar-refractivity contribution in [2.24, 2.45) is 4.99 Å². The first-order valence-corrected chi connectivity index (χ1v) is 9.11. The molecule has 0 aliphatic heterocycles. The fourth-order valence-electron chi connectivity index (χ4n) is 2.17. The molecule has 5 nitrogen and oxygen atoms in total. The van der Waals surface area contributed by atoms with Crippen molar-refractivity contribution in [3.63, 3.8) is 0 Å². The van der Waals surface area contributed by atoms with Crippen molar-refractivity contribution in [2.45, 2.75) is 40.3 Å². The molecule has 0 fully saturated rings. The van der Waals surface area contributed by atoms with E-state index in [4.69, 9.17) is 4.74 Å².